The van der Waals surface area contributed by atoms with Crippen molar-refractivity contribution < 1.29 is 17.0 Å². The minimum atomic E-state index is -0.556. The van der Waals surface area contributed by atoms with Crippen molar-refractivity contribution in [2.75, 3.05) is 0 Å². The van der Waals surface area contributed by atoms with Crippen molar-refractivity contribution in [3.63, 3.8) is 0 Å². The van der Waals surface area contributed by atoms with Gasteiger partial charge >= 0.3 is 35.6 Å². The van der Waals surface area contributed by atoms with Crippen molar-refractivity contribution in [2.24, 2.45) is 0 Å². The van der Waals surface area contributed by atoms with E-state index in [4.69, 9.17) is 18.6 Å². The van der Waals surface area contributed by atoms with Crippen LogP contribution in [0.4, 0.5) is 0 Å². The molecule has 0 rings (SSSR count). The van der Waals surface area contributed by atoms with Crippen molar-refractivity contribution in [2.45, 2.75) is 19.6 Å². The summed E-state index contributed by atoms with van der Waals surface area (Å²) in [6.45, 7) is 6.81. The van der Waals surface area contributed by atoms with Crippen molar-refractivity contribution in [1.82, 2.24) is 0 Å². The van der Waals surface area contributed by atoms with Crippen LogP contribution in [0.15, 0.2) is 0 Å². The maximum atomic E-state index is 4.89. The Morgan fingerprint density at radius 2 is 1.14 bits per heavy atom. The average Bonchev–Trinajstić information content (AvgIpc) is 1.33. The molecule has 0 nitrogen and oxygen atoms in total. The molecule has 0 aromatic carbocycles. The zero-order valence-electron chi connectivity index (χ0n) is 4.76. The van der Waals surface area contributed by atoms with E-state index in [0.29, 0.717) is 0 Å². The first kappa shape index (κ1) is 11.3. The summed E-state index contributed by atoms with van der Waals surface area (Å²) in [7, 11) is 9.90. The van der Waals surface area contributed by atoms with Gasteiger partial charge in [0, 0.05) is 8.80 Å². The molecular formula is C3H9Cl2SiTi. The number of halogens is 2. The van der Waals surface area contributed by atoms with E-state index in [1.54, 1.807) is 0 Å². The van der Waals surface area contributed by atoms with Crippen LogP contribution in [-0.2, 0) is 17.0 Å². The van der Waals surface area contributed by atoms with E-state index in [1.807, 2.05) is 0 Å². The normalized spacial score (nSPS) is 7.14. The quantitative estimate of drug-likeness (QED) is 0.517. The summed E-state index contributed by atoms with van der Waals surface area (Å²) < 4.78 is 0. The topological polar surface area (TPSA) is 0 Å². The van der Waals surface area contributed by atoms with E-state index in [-0.39, 0.29) is 8.80 Å². The van der Waals surface area contributed by atoms with Gasteiger partial charge in [-0.1, -0.05) is 19.6 Å². The Balaban J connectivity index is 0. The van der Waals surface area contributed by atoms with Gasteiger partial charge in [-0.2, -0.15) is 0 Å². The Morgan fingerprint density at radius 1 is 1.14 bits per heavy atom. The van der Waals surface area contributed by atoms with Gasteiger partial charge in [-0.05, 0) is 0 Å². The predicted octanol–water partition coefficient (Wildman–Crippen LogP) is 2.75. The maximum absolute atomic E-state index is 4.89. The van der Waals surface area contributed by atoms with E-state index in [9.17, 15) is 0 Å². The van der Waals surface area contributed by atoms with Crippen LogP contribution in [0, 0.1) is 0 Å². The zero-order chi connectivity index (χ0) is 6.28. The summed E-state index contributed by atoms with van der Waals surface area (Å²) in [5, 5.41) is 0. The second kappa shape index (κ2) is 10.5. The standard InChI is InChI=1S/C3H9Si.2ClH.Ti/c1-4(2)3;;;/h1-3H3;2*1H;/q;;;+2/p-2. The molecule has 0 atom stereocenters. The van der Waals surface area contributed by atoms with Crippen LogP contribution in [0.1, 0.15) is 0 Å². The summed E-state index contributed by atoms with van der Waals surface area (Å²) in [6, 6.07) is 0. The first-order valence-corrected chi connectivity index (χ1v) is 9.18. The molecule has 0 saturated heterocycles. The molecule has 0 aliphatic rings. The minimum absolute atomic E-state index is 0.120. The van der Waals surface area contributed by atoms with Crippen LogP contribution in [0.5, 0.6) is 0 Å². The van der Waals surface area contributed by atoms with Gasteiger partial charge in [0.15, 0.2) is 0 Å². The number of hydrogen-bond acceptors (Lipinski definition) is 0. The SMILES string of the molecule is C[Si](C)C.[Cl][Ti][Cl]. The molecule has 0 heterocycles. The summed E-state index contributed by atoms with van der Waals surface area (Å²) in [4.78, 5) is 0. The monoisotopic (exact) mass is 191 g/mol. The third-order valence-electron chi connectivity index (χ3n) is 0. The Labute approximate surface area is 63.9 Å². The van der Waals surface area contributed by atoms with Gasteiger partial charge in [-0.25, -0.2) is 0 Å². The van der Waals surface area contributed by atoms with Gasteiger partial charge in [0.25, 0.3) is 0 Å². The fraction of sp³-hybridized carbons (Fsp3) is 1.00. The van der Waals surface area contributed by atoms with Crippen LogP contribution in [0.3, 0.4) is 0 Å². The molecule has 0 fully saturated rings. The van der Waals surface area contributed by atoms with Gasteiger partial charge in [0.05, 0.1) is 0 Å². The Hall–Kier alpha value is 1.51. The van der Waals surface area contributed by atoms with E-state index in [2.05, 4.69) is 19.6 Å². The second-order valence-electron chi connectivity index (χ2n) is 1.57. The summed E-state index contributed by atoms with van der Waals surface area (Å²) in [5.41, 5.74) is 0. The Bertz CT molecular complexity index is 24.1. The Morgan fingerprint density at radius 3 is 1.14 bits per heavy atom. The molecule has 0 aromatic heterocycles. The van der Waals surface area contributed by atoms with Crippen molar-refractivity contribution in [3.8, 4) is 0 Å². The second-order valence-corrected chi connectivity index (χ2v) is 7.15. The average molecular weight is 192 g/mol. The summed E-state index contributed by atoms with van der Waals surface area (Å²) in [5.74, 6) is 0. The molecule has 0 bridgehead atoms. The van der Waals surface area contributed by atoms with E-state index in [0.717, 1.165) is 0 Å². The molecule has 0 aromatic rings. The fourth-order valence-corrected chi connectivity index (χ4v) is 0. The molecule has 1 radical (unpaired) electrons. The molecule has 0 aliphatic heterocycles. The molecule has 43 valence electrons. The van der Waals surface area contributed by atoms with Crippen LogP contribution in [0.25, 0.3) is 0 Å². The molecule has 0 N–H and O–H groups in total. The van der Waals surface area contributed by atoms with E-state index < -0.39 is 17.0 Å². The van der Waals surface area contributed by atoms with Gasteiger partial charge in [-0.3, -0.25) is 0 Å². The van der Waals surface area contributed by atoms with Gasteiger partial charge in [-0.15, -0.1) is 0 Å². The van der Waals surface area contributed by atoms with E-state index in [1.165, 1.54) is 0 Å². The molecule has 0 saturated carbocycles. The first-order valence-electron chi connectivity index (χ1n) is 1.88. The molecule has 4 heteroatoms. The van der Waals surface area contributed by atoms with Crippen LogP contribution >= 0.6 is 18.6 Å². The Kier molecular flexibility index (Phi) is 17.0. The third-order valence-corrected chi connectivity index (χ3v) is 0. The fourth-order valence-electron chi connectivity index (χ4n) is 0. The van der Waals surface area contributed by atoms with Gasteiger partial charge in [0.1, 0.15) is 0 Å². The molecule has 0 unspecified atom stereocenters. The molecule has 0 aliphatic carbocycles. The first-order chi connectivity index (χ1) is 3.15. The zero-order valence-corrected chi connectivity index (χ0v) is 8.83. The van der Waals surface area contributed by atoms with Crippen LogP contribution in [0.2, 0.25) is 19.6 Å². The molecule has 0 amide bonds. The van der Waals surface area contributed by atoms with Crippen LogP contribution in [-0.4, -0.2) is 8.80 Å². The van der Waals surface area contributed by atoms with Crippen LogP contribution < -0.4 is 0 Å². The number of hydrogen-bond donors (Lipinski definition) is 0. The molecule has 7 heavy (non-hydrogen) atoms. The summed E-state index contributed by atoms with van der Waals surface area (Å²) >= 11 is -0.556. The number of rotatable bonds is 0. The van der Waals surface area contributed by atoms with Gasteiger partial charge < -0.3 is 0 Å². The van der Waals surface area contributed by atoms with Crippen molar-refractivity contribution >= 4 is 27.4 Å². The molecule has 0 spiro atoms. The molecular weight excluding hydrogens is 183 g/mol. The van der Waals surface area contributed by atoms with Crippen molar-refractivity contribution in [1.29, 1.82) is 0 Å². The predicted molar refractivity (Wildman–Crippen MR) is 35.1 cm³/mol. The van der Waals surface area contributed by atoms with Gasteiger partial charge in [0.2, 0.25) is 0 Å². The summed E-state index contributed by atoms with van der Waals surface area (Å²) in [6.07, 6.45) is 0. The van der Waals surface area contributed by atoms with Crippen molar-refractivity contribution in [3.05, 3.63) is 0 Å². The third kappa shape index (κ3) is 99.9. The van der Waals surface area contributed by atoms with E-state index >= 15 is 0 Å².